The molecule has 0 aliphatic rings. The van der Waals surface area contributed by atoms with Gasteiger partial charge in [0, 0.05) is 24.8 Å². The summed E-state index contributed by atoms with van der Waals surface area (Å²) in [6.07, 6.45) is 0. The molecule has 96 valence electrons. The minimum atomic E-state index is 0.524. The molecule has 0 aromatic carbocycles. The van der Waals surface area contributed by atoms with Crippen LogP contribution in [0.5, 0.6) is 5.88 Å². The molecule has 0 atom stereocenters. The molecular formula is C13H23N3O. The second-order valence-electron chi connectivity index (χ2n) is 4.03. The quantitative estimate of drug-likeness (QED) is 0.782. The Hall–Kier alpha value is -1.13. The highest BCUT2D eigenvalue weighted by Gasteiger charge is 2.02. The van der Waals surface area contributed by atoms with E-state index in [4.69, 9.17) is 10.5 Å². The van der Waals surface area contributed by atoms with Gasteiger partial charge in [-0.05, 0) is 31.6 Å². The molecule has 1 aromatic heterocycles. The van der Waals surface area contributed by atoms with Crippen molar-refractivity contribution in [3.8, 4) is 5.88 Å². The first kappa shape index (κ1) is 13.9. The first-order chi connectivity index (χ1) is 8.19. The van der Waals surface area contributed by atoms with Gasteiger partial charge in [-0.25, -0.2) is 4.98 Å². The van der Waals surface area contributed by atoms with E-state index in [1.54, 1.807) is 0 Å². The fraction of sp³-hybridized carbons (Fsp3) is 0.615. The van der Waals surface area contributed by atoms with Crippen LogP contribution < -0.4 is 10.5 Å². The van der Waals surface area contributed by atoms with Gasteiger partial charge < -0.3 is 15.4 Å². The van der Waals surface area contributed by atoms with Crippen LogP contribution in [0.3, 0.4) is 0 Å². The molecule has 0 spiro atoms. The minimum absolute atomic E-state index is 0.524. The summed E-state index contributed by atoms with van der Waals surface area (Å²) < 4.78 is 5.66. The van der Waals surface area contributed by atoms with Gasteiger partial charge in [0.2, 0.25) is 5.88 Å². The third-order valence-electron chi connectivity index (χ3n) is 2.78. The Morgan fingerprint density at radius 3 is 2.59 bits per heavy atom. The first-order valence-electron chi connectivity index (χ1n) is 6.22. The lowest BCUT2D eigenvalue weighted by Crippen LogP contribution is -2.28. The zero-order valence-corrected chi connectivity index (χ0v) is 11.1. The van der Waals surface area contributed by atoms with E-state index in [-0.39, 0.29) is 0 Å². The van der Waals surface area contributed by atoms with Crippen molar-refractivity contribution in [3.05, 3.63) is 23.4 Å². The number of aromatic nitrogens is 1. The molecule has 0 aliphatic heterocycles. The molecule has 0 aliphatic carbocycles. The number of nitrogens with two attached hydrogens (primary N) is 1. The van der Waals surface area contributed by atoms with Gasteiger partial charge in [-0.3, -0.25) is 0 Å². The summed E-state index contributed by atoms with van der Waals surface area (Å²) in [6, 6.07) is 3.90. The highest BCUT2D eigenvalue weighted by Crippen LogP contribution is 2.11. The SMILES string of the molecule is CCN(CC)CCOc1cc(CN)cc(C)n1. The van der Waals surface area contributed by atoms with E-state index < -0.39 is 0 Å². The average Bonchev–Trinajstić information content (AvgIpc) is 2.34. The molecule has 0 amide bonds. The first-order valence-corrected chi connectivity index (χ1v) is 6.22. The standard InChI is InChI=1S/C13H23N3O/c1-4-16(5-2)6-7-17-13-9-12(10-14)8-11(3)15-13/h8-9H,4-7,10,14H2,1-3H3. The van der Waals surface area contributed by atoms with Crippen LogP contribution in [0, 0.1) is 6.92 Å². The number of aryl methyl sites for hydroxylation is 1. The lowest BCUT2D eigenvalue weighted by atomic mass is 10.2. The van der Waals surface area contributed by atoms with Crippen molar-refractivity contribution in [2.24, 2.45) is 5.73 Å². The summed E-state index contributed by atoms with van der Waals surface area (Å²) >= 11 is 0. The molecule has 4 nitrogen and oxygen atoms in total. The van der Waals surface area contributed by atoms with Crippen LogP contribution in [0.2, 0.25) is 0 Å². The normalized spacial score (nSPS) is 10.9. The molecular weight excluding hydrogens is 214 g/mol. The maximum absolute atomic E-state index is 5.66. The maximum Gasteiger partial charge on any atom is 0.213 e. The lowest BCUT2D eigenvalue weighted by molar-refractivity contribution is 0.217. The van der Waals surface area contributed by atoms with E-state index >= 15 is 0 Å². The van der Waals surface area contributed by atoms with Gasteiger partial charge in [0.1, 0.15) is 6.61 Å². The largest absolute Gasteiger partial charge is 0.476 e. The van der Waals surface area contributed by atoms with Crippen molar-refractivity contribution in [2.45, 2.75) is 27.3 Å². The Morgan fingerprint density at radius 1 is 1.29 bits per heavy atom. The predicted molar refractivity (Wildman–Crippen MR) is 70.1 cm³/mol. The second-order valence-corrected chi connectivity index (χ2v) is 4.03. The van der Waals surface area contributed by atoms with Crippen LogP contribution >= 0.6 is 0 Å². The van der Waals surface area contributed by atoms with Gasteiger partial charge in [0.25, 0.3) is 0 Å². The van der Waals surface area contributed by atoms with Gasteiger partial charge in [-0.2, -0.15) is 0 Å². The molecule has 1 rings (SSSR count). The molecule has 0 bridgehead atoms. The number of likely N-dealkylation sites (N-methyl/N-ethyl adjacent to an activating group) is 1. The van der Waals surface area contributed by atoms with Crippen LogP contribution in [0.25, 0.3) is 0 Å². The average molecular weight is 237 g/mol. The molecule has 4 heteroatoms. The van der Waals surface area contributed by atoms with Crippen molar-refractivity contribution < 1.29 is 4.74 Å². The zero-order chi connectivity index (χ0) is 12.7. The summed E-state index contributed by atoms with van der Waals surface area (Å²) in [5, 5.41) is 0. The highest BCUT2D eigenvalue weighted by atomic mass is 16.5. The number of pyridine rings is 1. The molecule has 17 heavy (non-hydrogen) atoms. The van der Waals surface area contributed by atoms with Crippen LogP contribution in [-0.2, 0) is 6.54 Å². The highest BCUT2D eigenvalue weighted by molar-refractivity contribution is 5.24. The Balaban J connectivity index is 2.48. The number of rotatable bonds is 7. The number of hydrogen-bond acceptors (Lipinski definition) is 4. The summed E-state index contributed by atoms with van der Waals surface area (Å²) in [5.41, 5.74) is 7.63. The number of hydrogen-bond donors (Lipinski definition) is 1. The molecule has 0 radical (unpaired) electrons. The zero-order valence-electron chi connectivity index (χ0n) is 11.1. The van der Waals surface area contributed by atoms with Gasteiger partial charge in [0.05, 0.1) is 0 Å². The van der Waals surface area contributed by atoms with E-state index in [0.29, 0.717) is 19.0 Å². The summed E-state index contributed by atoms with van der Waals surface area (Å²) in [6.45, 7) is 10.5. The minimum Gasteiger partial charge on any atom is -0.476 e. The summed E-state index contributed by atoms with van der Waals surface area (Å²) in [4.78, 5) is 6.65. The molecule has 2 N–H and O–H groups in total. The molecule has 1 aromatic rings. The molecule has 1 heterocycles. The third kappa shape index (κ3) is 4.71. The van der Waals surface area contributed by atoms with E-state index in [2.05, 4.69) is 23.7 Å². The van der Waals surface area contributed by atoms with Crippen molar-refractivity contribution in [3.63, 3.8) is 0 Å². The Morgan fingerprint density at radius 2 is 2.00 bits per heavy atom. The third-order valence-corrected chi connectivity index (χ3v) is 2.78. The van der Waals surface area contributed by atoms with Crippen molar-refractivity contribution >= 4 is 0 Å². The summed E-state index contributed by atoms with van der Waals surface area (Å²) in [5.74, 6) is 0.678. The topological polar surface area (TPSA) is 51.4 Å². The Labute approximate surface area is 104 Å². The van der Waals surface area contributed by atoms with E-state index in [9.17, 15) is 0 Å². The van der Waals surface area contributed by atoms with Crippen LogP contribution in [0.1, 0.15) is 25.1 Å². The van der Waals surface area contributed by atoms with Gasteiger partial charge >= 0.3 is 0 Å². The van der Waals surface area contributed by atoms with E-state index in [0.717, 1.165) is 30.9 Å². The molecule has 0 unspecified atom stereocenters. The molecule has 0 saturated carbocycles. The van der Waals surface area contributed by atoms with Crippen LogP contribution in [-0.4, -0.2) is 36.1 Å². The number of ether oxygens (including phenoxy) is 1. The van der Waals surface area contributed by atoms with Gasteiger partial charge in [0.15, 0.2) is 0 Å². The maximum atomic E-state index is 5.66. The van der Waals surface area contributed by atoms with Crippen molar-refractivity contribution in [2.75, 3.05) is 26.2 Å². The fourth-order valence-electron chi connectivity index (χ4n) is 1.72. The van der Waals surface area contributed by atoms with Crippen LogP contribution in [0.4, 0.5) is 0 Å². The molecule has 0 fully saturated rings. The van der Waals surface area contributed by atoms with Gasteiger partial charge in [-0.15, -0.1) is 0 Å². The van der Waals surface area contributed by atoms with E-state index in [1.165, 1.54) is 0 Å². The smallest absolute Gasteiger partial charge is 0.213 e. The fourth-order valence-corrected chi connectivity index (χ4v) is 1.72. The second kappa shape index (κ2) is 7.25. The predicted octanol–water partition coefficient (Wildman–Crippen LogP) is 1.57. The number of nitrogens with zero attached hydrogens (tertiary/aromatic N) is 2. The van der Waals surface area contributed by atoms with Gasteiger partial charge in [-0.1, -0.05) is 13.8 Å². The lowest BCUT2D eigenvalue weighted by Gasteiger charge is -2.17. The van der Waals surface area contributed by atoms with Crippen molar-refractivity contribution in [1.29, 1.82) is 0 Å². The molecule has 0 saturated heterocycles. The Kier molecular flexibility index (Phi) is 5.94. The van der Waals surface area contributed by atoms with Crippen LogP contribution in [0.15, 0.2) is 12.1 Å². The monoisotopic (exact) mass is 237 g/mol. The summed E-state index contributed by atoms with van der Waals surface area (Å²) in [7, 11) is 0. The van der Waals surface area contributed by atoms with E-state index in [1.807, 2.05) is 19.1 Å². The Bertz CT molecular complexity index is 337. The van der Waals surface area contributed by atoms with Crippen molar-refractivity contribution in [1.82, 2.24) is 9.88 Å².